The summed E-state index contributed by atoms with van der Waals surface area (Å²) in [6.45, 7) is 1.98. The van der Waals surface area contributed by atoms with Crippen molar-refractivity contribution in [2.24, 2.45) is 0 Å². The Kier molecular flexibility index (Phi) is 2.32. The Morgan fingerprint density at radius 1 is 1.14 bits per heavy atom. The van der Waals surface area contributed by atoms with Gasteiger partial charge in [0.25, 0.3) is 0 Å². The van der Waals surface area contributed by atoms with Gasteiger partial charge in [0, 0.05) is 5.56 Å². The lowest BCUT2D eigenvalue weighted by molar-refractivity contribution is 0.631. The minimum Gasteiger partial charge on any atom is -0.206 e. The minimum absolute atomic E-state index is 0.200. The van der Waals surface area contributed by atoms with E-state index in [1.54, 1.807) is 12.1 Å². The molecule has 0 nitrogen and oxygen atoms in total. The molecule has 0 saturated carbocycles. The zero-order valence-electron chi connectivity index (χ0n) is 7.92. The van der Waals surface area contributed by atoms with E-state index in [4.69, 9.17) is 0 Å². The lowest BCUT2D eigenvalue weighted by atomic mass is 10.0. The zero-order valence-corrected chi connectivity index (χ0v) is 7.92. The lowest BCUT2D eigenvalue weighted by Crippen LogP contribution is -1.84. The van der Waals surface area contributed by atoms with Gasteiger partial charge in [-0.1, -0.05) is 42.0 Å². The fourth-order valence-electron chi connectivity index (χ4n) is 1.42. The molecule has 0 aliphatic heterocycles. The predicted molar refractivity (Wildman–Crippen MR) is 55.4 cm³/mol. The van der Waals surface area contributed by atoms with Crippen LogP contribution in [0.1, 0.15) is 5.56 Å². The van der Waals surface area contributed by atoms with Crippen LogP contribution in [0.4, 0.5) is 4.39 Å². The van der Waals surface area contributed by atoms with Crippen LogP contribution in [0.15, 0.2) is 42.5 Å². The van der Waals surface area contributed by atoms with Crippen molar-refractivity contribution in [3.8, 4) is 11.1 Å². The van der Waals surface area contributed by atoms with E-state index in [9.17, 15) is 4.39 Å². The smallest absolute Gasteiger partial charge is 0.131 e. The van der Waals surface area contributed by atoms with Gasteiger partial charge in [-0.3, -0.25) is 0 Å². The van der Waals surface area contributed by atoms with Gasteiger partial charge in [0.2, 0.25) is 0 Å². The number of halogens is 1. The molecule has 0 amide bonds. The second-order valence-electron chi connectivity index (χ2n) is 3.26. The van der Waals surface area contributed by atoms with Crippen LogP contribution in [0.3, 0.4) is 0 Å². The van der Waals surface area contributed by atoms with Gasteiger partial charge in [-0.25, -0.2) is 4.39 Å². The topological polar surface area (TPSA) is 0 Å². The highest BCUT2D eigenvalue weighted by atomic mass is 19.1. The van der Waals surface area contributed by atoms with Crippen LogP contribution in [0.5, 0.6) is 0 Å². The molecule has 2 aromatic carbocycles. The van der Waals surface area contributed by atoms with Gasteiger partial charge >= 0.3 is 0 Å². The molecule has 0 spiro atoms. The van der Waals surface area contributed by atoms with Gasteiger partial charge in [0.05, 0.1) is 0 Å². The molecular formula is C13H10F. The highest BCUT2D eigenvalue weighted by molar-refractivity contribution is 5.63. The Labute approximate surface area is 83.0 Å². The fourth-order valence-corrected chi connectivity index (χ4v) is 1.42. The molecule has 1 radical (unpaired) electrons. The van der Waals surface area contributed by atoms with Crippen molar-refractivity contribution >= 4 is 0 Å². The quantitative estimate of drug-likeness (QED) is 0.636. The van der Waals surface area contributed by atoms with Crippen molar-refractivity contribution in [1.82, 2.24) is 0 Å². The van der Waals surface area contributed by atoms with Crippen LogP contribution in [0, 0.1) is 18.8 Å². The van der Waals surface area contributed by atoms with Crippen molar-refractivity contribution in [2.45, 2.75) is 6.92 Å². The third-order valence-corrected chi connectivity index (χ3v) is 2.12. The van der Waals surface area contributed by atoms with Crippen molar-refractivity contribution in [1.29, 1.82) is 0 Å². The van der Waals surface area contributed by atoms with Crippen molar-refractivity contribution in [2.75, 3.05) is 0 Å². The summed E-state index contributed by atoms with van der Waals surface area (Å²) in [7, 11) is 0. The Balaban J connectivity index is 2.55. The van der Waals surface area contributed by atoms with E-state index >= 15 is 0 Å². The maximum Gasteiger partial charge on any atom is 0.131 e. The molecular weight excluding hydrogens is 175 g/mol. The van der Waals surface area contributed by atoms with Crippen LogP contribution in [0.2, 0.25) is 0 Å². The molecule has 0 bridgehead atoms. The summed E-state index contributed by atoms with van der Waals surface area (Å²) in [4.78, 5) is 0. The Morgan fingerprint density at radius 3 is 2.64 bits per heavy atom. The molecule has 0 heterocycles. The Morgan fingerprint density at radius 2 is 1.93 bits per heavy atom. The molecule has 0 fully saturated rings. The first-order chi connectivity index (χ1) is 6.77. The number of rotatable bonds is 1. The lowest BCUT2D eigenvalue weighted by Gasteiger charge is -2.03. The third kappa shape index (κ3) is 1.67. The maximum atomic E-state index is 13.4. The SMILES string of the molecule is Cc1cc[c]c(-c2ccccc2F)c1. The molecule has 0 N–H and O–H groups in total. The number of aryl methyl sites for hydroxylation is 1. The monoisotopic (exact) mass is 185 g/mol. The van der Waals surface area contributed by atoms with Gasteiger partial charge < -0.3 is 0 Å². The van der Waals surface area contributed by atoms with E-state index in [1.807, 2.05) is 31.2 Å². The highest BCUT2D eigenvalue weighted by Crippen LogP contribution is 2.22. The summed E-state index contributed by atoms with van der Waals surface area (Å²) in [6, 6.07) is 15.5. The second-order valence-corrected chi connectivity index (χ2v) is 3.26. The molecule has 0 saturated heterocycles. The normalized spacial score (nSPS) is 10.1. The molecule has 0 atom stereocenters. The fraction of sp³-hybridized carbons (Fsp3) is 0.0769. The standard InChI is InChI=1S/C13H10F/c1-10-5-4-6-11(9-10)12-7-2-3-8-13(12)14/h2-5,7-9H,1H3. The van der Waals surface area contributed by atoms with E-state index in [1.165, 1.54) is 6.07 Å². The van der Waals surface area contributed by atoms with Crippen LogP contribution < -0.4 is 0 Å². The van der Waals surface area contributed by atoms with Crippen LogP contribution in [-0.2, 0) is 0 Å². The summed E-state index contributed by atoms with van der Waals surface area (Å²) >= 11 is 0. The Hall–Kier alpha value is -1.63. The van der Waals surface area contributed by atoms with Crippen LogP contribution in [-0.4, -0.2) is 0 Å². The second kappa shape index (κ2) is 3.62. The Bertz CT molecular complexity index is 446. The van der Waals surface area contributed by atoms with Crippen molar-refractivity contribution in [3.63, 3.8) is 0 Å². The summed E-state index contributed by atoms with van der Waals surface area (Å²) in [5, 5.41) is 0. The first-order valence-corrected chi connectivity index (χ1v) is 4.50. The van der Waals surface area contributed by atoms with Gasteiger partial charge in [0.1, 0.15) is 5.82 Å². The van der Waals surface area contributed by atoms with Gasteiger partial charge in [0.15, 0.2) is 0 Å². The number of hydrogen-bond acceptors (Lipinski definition) is 0. The van der Waals surface area contributed by atoms with E-state index in [-0.39, 0.29) is 5.82 Å². The molecule has 1 heteroatoms. The molecule has 2 aromatic rings. The molecule has 69 valence electrons. The number of hydrogen-bond donors (Lipinski definition) is 0. The van der Waals surface area contributed by atoms with Gasteiger partial charge in [-0.2, -0.15) is 0 Å². The molecule has 0 unspecified atom stereocenters. The summed E-state index contributed by atoms with van der Waals surface area (Å²) in [5.74, 6) is -0.200. The average molecular weight is 185 g/mol. The third-order valence-electron chi connectivity index (χ3n) is 2.12. The molecule has 2 rings (SSSR count). The summed E-state index contributed by atoms with van der Waals surface area (Å²) in [5.41, 5.74) is 2.53. The largest absolute Gasteiger partial charge is 0.206 e. The maximum absolute atomic E-state index is 13.4. The molecule has 14 heavy (non-hydrogen) atoms. The summed E-state index contributed by atoms with van der Waals surface area (Å²) in [6.07, 6.45) is 0. The number of benzene rings is 2. The van der Waals surface area contributed by atoms with Crippen molar-refractivity contribution in [3.05, 3.63) is 59.9 Å². The van der Waals surface area contributed by atoms with Crippen LogP contribution in [0.25, 0.3) is 11.1 Å². The first kappa shape index (κ1) is 8.95. The van der Waals surface area contributed by atoms with E-state index in [0.717, 1.165) is 11.1 Å². The molecule has 0 aromatic heterocycles. The highest BCUT2D eigenvalue weighted by Gasteiger charge is 2.02. The van der Waals surface area contributed by atoms with Gasteiger partial charge in [-0.15, -0.1) is 0 Å². The van der Waals surface area contributed by atoms with E-state index in [0.29, 0.717) is 5.56 Å². The van der Waals surface area contributed by atoms with Crippen molar-refractivity contribution < 1.29 is 4.39 Å². The minimum atomic E-state index is -0.200. The molecule has 0 aliphatic rings. The average Bonchev–Trinajstić information content (AvgIpc) is 2.18. The van der Waals surface area contributed by atoms with Crippen LogP contribution >= 0.6 is 0 Å². The predicted octanol–water partition coefficient (Wildman–Crippen LogP) is 3.60. The van der Waals surface area contributed by atoms with E-state index < -0.39 is 0 Å². The van der Waals surface area contributed by atoms with E-state index in [2.05, 4.69) is 6.07 Å². The first-order valence-electron chi connectivity index (χ1n) is 4.50. The molecule has 0 aliphatic carbocycles. The zero-order chi connectivity index (χ0) is 9.97. The van der Waals surface area contributed by atoms with Gasteiger partial charge in [-0.05, 0) is 24.6 Å². The summed E-state index contributed by atoms with van der Waals surface area (Å²) < 4.78 is 13.4.